The molecule has 4 aromatic rings. The third-order valence-corrected chi connectivity index (χ3v) is 5.92. The molecule has 35 heavy (non-hydrogen) atoms. The van der Waals surface area contributed by atoms with Gasteiger partial charge in [-0.05, 0) is 43.7 Å². The summed E-state index contributed by atoms with van der Waals surface area (Å²) in [6.45, 7) is 6.77. The monoisotopic (exact) mass is 477 g/mol. The van der Waals surface area contributed by atoms with Crippen LogP contribution in [0.2, 0.25) is 0 Å². The van der Waals surface area contributed by atoms with Gasteiger partial charge in [-0.15, -0.1) is 0 Å². The molecular weight excluding hydrogens is 452 g/mol. The van der Waals surface area contributed by atoms with Crippen LogP contribution in [-0.2, 0) is 5.92 Å². The van der Waals surface area contributed by atoms with Gasteiger partial charge in [0.25, 0.3) is 17.7 Å². The fourth-order valence-corrected chi connectivity index (χ4v) is 4.06. The summed E-state index contributed by atoms with van der Waals surface area (Å²) in [6, 6.07) is 12.8. The molecule has 0 aliphatic carbocycles. The van der Waals surface area contributed by atoms with E-state index >= 15 is 0 Å². The average Bonchev–Trinajstić information content (AvgIpc) is 3.13. The quantitative estimate of drug-likeness (QED) is 0.285. The molecule has 180 valence electrons. The highest BCUT2D eigenvalue weighted by molar-refractivity contribution is 6.02. The van der Waals surface area contributed by atoms with Gasteiger partial charge in [-0.1, -0.05) is 31.2 Å². The third kappa shape index (κ3) is 4.62. The second-order valence-corrected chi connectivity index (χ2v) is 8.33. The highest BCUT2D eigenvalue weighted by Gasteiger charge is 2.30. The first kappa shape index (κ1) is 24.0. The van der Waals surface area contributed by atoms with Crippen LogP contribution >= 0.6 is 0 Å². The number of rotatable bonds is 6. The Hall–Kier alpha value is -4.14. The number of aryl methyl sites for hydroxylation is 3. The number of anilines is 1. The largest absolute Gasteiger partial charge is 0.710 e. The molecule has 0 unspecified atom stereocenters. The standard InChI is InChI=1S/C26H25F2N5O2/c1-5-26(27,28)20-10-7-11-21(13-20)32-25(34)23-17(4)31-24(33(23)35)19-9-6-8-18(12-19)22-15(2)29-14-30-16(22)3/h6-14,31H,5H2,1-4H3,(H,32,34). The van der Waals surface area contributed by atoms with Crippen molar-refractivity contribution < 1.29 is 18.3 Å². The molecule has 2 N–H and O–H groups in total. The maximum atomic E-state index is 14.1. The van der Waals surface area contributed by atoms with E-state index in [-0.39, 0.29) is 29.2 Å². The number of nitrogens with zero attached hydrogens (tertiary/aromatic N) is 3. The Balaban J connectivity index is 1.67. The summed E-state index contributed by atoms with van der Waals surface area (Å²) in [5.41, 5.74) is 4.09. The number of aromatic nitrogens is 4. The SMILES string of the molecule is CCC(F)(F)c1cccc(NC(=O)c2c(C)[nH]c(-c3cccc(-c4c(C)ncnc4C)c3)[n+]2[O-])c1. The zero-order chi connectivity index (χ0) is 25.3. The fourth-order valence-electron chi connectivity index (χ4n) is 4.06. The van der Waals surface area contributed by atoms with E-state index in [0.29, 0.717) is 16.0 Å². The molecule has 2 aromatic heterocycles. The first-order valence-electron chi connectivity index (χ1n) is 11.1. The molecule has 9 heteroatoms. The van der Waals surface area contributed by atoms with Crippen molar-refractivity contribution in [3.8, 4) is 22.5 Å². The predicted molar refractivity (Wildman–Crippen MR) is 129 cm³/mol. The van der Waals surface area contributed by atoms with Crippen LogP contribution in [0.4, 0.5) is 14.5 Å². The Morgan fingerprint density at radius 3 is 2.40 bits per heavy atom. The molecule has 0 saturated heterocycles. The molecule has 0 saturated carbocycles. The summed E-state index contributed by atoms with van der Waals surface area (Å²) in [7, 11) is 0. The average molecular weight is 478 g/mol. The Kier molecular flexibility index (Phi) is 6.34. The van der Waals surface area contributed by atoms with Crippen LogP contribution in [0.5, 0.6) is 0 Å². The van der Waals surface area contributed by atoms with Crippen LogP contribution in [0.25, 0.3) is 22.5 Å². The van der Waals surface area contributed by atoms with Crippen LogP contribution in [0, 0.1) is 26.0 Å². The molecule has 2 aromatic carbocycles. The van der Waals surface area contributed by atoms with Crippen molar-refractivity contribution in [1.82, 2.24) is 15.0 Å². The summed E-state index contributed by atoms with van der Waals surface area (Å²) in [5, 5.41) is 15.7. The molecule has 0 radical (unpaired) electrons. The molecule has 2 heterocycles. The third-order valence-electron chi connectivity index (χ3n) is 5.92. The van der Waals surface area contributed by atoms with Crippen LogP contribution < -0.4 is 10.0 Å². The van der Waals surface area contributed by atoms with E-state index in [4.69, 9.17) is 0 Å². The van der Waals surface area contributed by atoms with Gasteiger partial charge in [-0.2, -0.15) is 0 Å². The van der Waals surface area contributed by atoms with E-state index in [2.05, 4.69) is 20.3 Å². The van der Waals surface area contributed by atoms with E-state index in [1.165, 1.54) is 37.5 Å². The van der Waals surface area contributed by atoms with Crippen molar-refractivity contribution in [1.29, 1.82) is 0 Å². The van der Waals surface area contributed by atoms with Gasteiger partial charge in [0.05, 0.1) is 5.56 Å². The number of alkyl halides is 2. The fraction of sp³-hybridized carbons (Fsp3) is 0.231. The Morgan fingerprint density at radius 2 is 1.71 bits per heavy atom. The summed E-state index contributed by atoms with van der Waals surface area (Å²) in [6.07, 6.45) is 1.14. The van der Waals surface area contributed by atoms with Gasteiger partial charge < -0.3 is 10.5 Å². The number of carbonyl (C=O) groups is 1. The lowest BCUT2D eigenvalue weighted by atomic mass is 10.0. The normalized spacial score (nSPS) is 11.5. The number of hydrogen-bond donors (Lipinski definition) is 2. The molecular formula is C26H25F2N5O2. The Bertz CT molecular complexity index is 1390. The van der Waals surface area contributed by atoms with Gasteiger partial charge in [-0.3, -0.25) is 4.79 Å². The molecule has 7 nitrogen and oxygen atoms in total. The number of imidazole rings is 1. The molecule has 0 fully saturated rings. The second-order valence-electron chi connectivity index (χ2n) is 8.33. The summed E-state index contributed by atoms with van der Waals surface area (Å²) in [4.78, 5) is 24.5. The van der Waals surface area contributed by atoms with E-state index in [9.17, 15) is 18.8 Å². The van der Waals surface area contributed by atoms with Crippen molar-refractivity contribution in [3.05, 3.63) is 88.4 Å². The van der Waals surface area contributed by atoms with Crippen molar-refractivity contribution in [2.75, 3.05) is 5.32 Å². The van der Waals surface area contributed by atoms with Gasteiger partial charge in [0, 0.05) is 41.5 Å². The van der Waals surface area contributed by atoms with Gasteiger partial charge in [-0.25, -0.2) is 28.5 Å². The molecule has 0 spiro atoms. The zero-order valence-corrected chi connectivity index (χ0v) is 19.8. The van der Waals surface area contributed by atoms with Gasteiger partial charge in [0.1, 0.15) is 6.33 Å². The zero-order valence-electron chi connectivity index (χ0n) is 19.8. The lowest BCUT2D eigenvalue weighted by Crippen LogP contribution is -2.36. The number of amides is 1. The Labute approximate surface area is 201 Å². The highest BCUT2D eigenvalue weighted by Crippen LogP contribution is 2.33. The summed E-state index contributed by atoms with van der Waals surface area (Å²) in [5.74, 6) is -3.52. The van der Waals surface area contributed by atoms with Gasteiger partial charge in [0.15, 0.2) is 5.69 Å². The smallest absolute Gasteiger partial charge is 0.300 e. The van der Waals surface area contributed by atoms with Crippen LogP contribution in [0.3, 0.4) is 0 Å². The minimum Gasteiger partial charge on any atom is -0.710 e. The van der Waals surface area contributed by atoms with Crippen molar-refractivity contribution in [2.45, 2.75) is 40.0 Å². The van der Waals surface area contributed by atoms with Gasteiger partial charge >= 0.3 is 0 Å². The second kappa shape index (κ2) is 9.25. The number of hydrogen-bond acceptors (Lipinski definition) is 4. The maximum Gasteiger partial charge on any atom is 0.300 e. The highest BCUT2D eigenvalue weighted by atomic mass is 19.3. The van der Waals surface area contributed by atoms with Crippen LogP contribution in [0.15, 0.2) is 54.9 Å². The minimum absolute atomic E-state index is 0.145. The van der Waals surface area contributed by atoms with Crippen molar-refractivity contribution in [3.63, 3.8) is 0 Å². The van der Waals surface area contributed by atoms with E-state index < -0.39 is 11.8 Å². The van der Waals surface area contributed by atoms with E-state index in [0.717, 1.165) is 22.5 Å². The number of halogens is 2. The molecule has 0 bridgehead atoms. The van der Waals surface area contributed by atoms with Crippen molar-refractivity contribution in [2.24, 2.45) is 0 Å². The van der Waals surface area contributed by atoms with Gasteiger partial charge in [0.2, 0.25) is 5.69 Å². The molecule has 0 aliphatic heterocycles. The Morgan fingerprint density at radius 1 is 1.06 bits per heavy atom. The van der Waals surface area contributed by atoms with Crippen LogP contribution in [-0.4, -0.2) is 20.9 Å². The molecule has 1 amide bonds. The number of H-pyrrole nitrogens is 1. The predicted octanol–water partition coefficient (Wildman–Crippen LogP) is 5.45. The first-order chi connectivity index (χ1) is 16.6. The summed E-state index contributed by atoms with van der Waals surface area (Å²) < 4.78 is 28.7. The lowest BCUT2D eigenvalue weighted by Gasteiger charge is -2.15. The molecule has 4 rings (SSSR count). The van der Waals surface area contributed by atoms with E-state index in [1.807, 2.05) is 32.0 Å². The number of carbonyl (C=O) groups excluding carboxylic acids is 1. The number of benzene rings is 2. The maximum absolute atomic E-state index is 14.1. The number of aromatic amines is 1. The molecule has 0 atom stereocenters. The molecule has 0 aliphatic rings. The lowest BCUT2D eigenvalue weighted by molar-refractivity contribution is -0.594. The first-order valence-corrected chi connectivity index (χ1v) is 11.1. The van der Waals surface area contributed by atoms with Crippen LogP contribution in [0.1, 0.15) is 46.5 Å². The number of nitrogens with one attached hydrogen (secondary N) is 2. The summed E-state index contributed by atoms with van der Waals surface area (Å²) >= 11 is 0. The van der Waals surface area contributed by atoms with Crippen molar-refractivity contribution >= 4 is 11.6 Å². The minimum atomic E-state index is -3.01. The van der Waals surface area contributed by atoms with E-state index in [1.54, 1.807) is 13.0 Å². The topological polar surface area (TPSA) is 97.6 Å².